The summed E-state index contributed by atoms with van der Waals surface area (Å²) in [5.74, 6) is -0.319. The second-order valence-electron chi connectivity index (χ2n) is 5.76. The molecule has 2 N–H and O–H groups in total. The number of benzene rings is 1. The van der Waals surface area contributed by atoms with E-state index in [1.54, 1.807) is 25.3 Å². The maximum Gasteiger partial charge on any atom is 0.323 e. The Balaban J connectivity index is 0.000000668. The lowest BCUT2D eigenvalue weighted by molar-refractivity contribution is -0.143. The van der Waals surface area contributed by atoms with Crippen molar-refractivity contribution < 1.29 is 19.1 Å². The summed E-state index contributed by atoms with van der Waals surface area (Å²) in [4.78, 5) is 21.7. The fourth-order valence-corrected chi connectivity index (χ4v) is 2.25. The predicted octanol–water partition coefficient (Wildman–Crippen LogP) is 2.78. The molecule has 0 aromatic heterocycles. The molecule has 0 bridgehead atoms. The highest BCUT2D eigenvalue weighted by Gasteiger charge is 2.18. The van der Waals surface area contributed by atoms with Crippen LogP contribution in [-0.2, 0) is 25.7 Å². The molecule has 0 spiro atoms. The minimum absolute atomic E-state index is 0.319. The lowest BCUT2D eigenvalue weighted by Gasteiger charge is -2.16. The molecule has 1 unspecified atom stereocenters. The van der Waals surface area contributed by atoms with Crippen LogP contribution in [0, 0.1) is 0 Å². The number of hydrogen-bond acceptors (Lipinski definition) is 5. The van der Waals surface area contributed by atoms with E-state index in [1.165, 1.54) is 12.7 Å². The van der Waals surface area contributed by atoms with Crippen molar-refractivity contribution in [2.75, 3.05) is 27.3 Å². The molecule has 28 heavy (non-hydrogen) atoms. The van der Waals surface area contributed by atoms with Crippen molar-refractivity contribution in [2.24, 2.45) is 0 Å². The molecule has 6 heteroatoms. The summed E-state index contributed by atoms with van der Waals surface area (Å²) in [6.07, 6.45) is 7.02. The van der Waals surface area contributed by atoms with E-state index in [-0.39, 0.29) is 5.97 Å². The third kappa shape index (κ3) is 12.6. The quantitative estimate of drug-likeness (QED) is 0.235. The summed E-state index contributed by atoms with van der Waals surface area (Å²) in [5.41, 5.74) is 2.13. The Morgan fingerprint density at radius 1 is 1.18 bits per heavy atom. The number of esters is 1. The van der Waals surface area contributed by atoms with Gasteiger partial charge in [0.05, 0.1) is 13.7 Å². The Bertz CT molecular complexity index is 600. The second-order valence-corrected chi connectivity index (χ2v) is 5.76. The zero-order chi connectivity index (χ0) is 21.0. The van der Waals surface area contributed by atoms with E-state index in [0.717, 1.165) is 12.0 Å². The molecule has 1 rings (SSSR count). The van der Waals surface area contributed by atoms with Gasteiger partial charge in [-0.2, -0.15) is 0 Å². The molecule has 154 valence electrons. The molecule has 1 atom stereocenters. The monoisotopic (exact) mass is 388 g/mol. The number of allylic oxidation sites excluding steroid dienone is 3. The number of nitrogens with one attached hydrogen (secondary N) is 2. The van der Waals surface area contributed by atoms with Gasteiger partial charge in [-0.1, -0.05) is 61.7 Å². The Morgan fingerprint density at radius 3 is 2.43 bits per heavy atom. The van der Waals surface area contributed by atoms with Crippen LogP contribution in [0.4, 0.5) is 0 Å². The Kier molecular flexibility index (Phi) is 16.0. The van der Waals surface area contributed by atoms with E-state index in [2.05, 4.69) is 23.8 Å². The molecular formula is C22H32N2O4. The van der Waals surface area contributed by atoms with Crippen LogP contribution in [0.25, 0.3) is 0 Å². The average Bonchev–Trinajstić information content (AvgIpc) is 2.73. The highest BCUT2D eigenvalue weighted by Crippen LogP contribution is 2.08. The van der Waals surface area contributed by atoms with Crippen molar-refractivity contribution in [1.29, 1.82) is 0 Å². The first-order chi connectivity index (χ1) is 13.6. The third-order valence-corrected chi connectivity index (χ3v) is 3.65. The second kappa shape index (κ2) is 17.7. The Hall–Kier alpha value is -2.70. The molecule has 0 aliphatic heterocycles. The van der Waals surface area contributed by atoms with Gasteiger partial charge in [0.25, 0.3) is 0 Å². The Morgan fingerprint density at radius 2 is 1.89 bits per heavy atom. The maximum absolute atomic E-state index is 11.6. The fourth-order valence-electron chi connectivity index (χ4n) is 2.25. The van der Waals surface area contributed by atoms with Crippen LogP contribution >= 0.6 is 0 Å². The van der Waals surface area contributed by atoms with Crippen molar-refractivity contribution in [3.63, 3.8) is 0 Å². The molecule has 6 nitrogen and oxygen atoms in total. The van der Waals surface area contributed by atoms with E-state index in [9.17, 15) is 9.59 Å². The van der Waals surface area contributed by atoms with Crippen LogP contribution in [0.3, 0.4) is 0 Å². The van der Waals surface area contributed by atoms with Crippen molar-refractivity contribution in [1.82, 2.24) is 10.6 Å². The van der Waals surface area contributed by atoms with Gasteiger partial charge in [-0.3, -0.25) is 9.59 Å². The minimum atomic E-state index is -0.426. The fraction of sp³-hybridized carbons (Fsp3) is 0.364. The number of carbonyl (C=O) groups is 2. The minimum Gasteiger partial charge on any atom is -0.468 e. The molecule has 0 fully saturated rings. The van der Waals surface area contributed by atoms with E-state index in [0.29, 0.717) is 32.5 Å². The summed E-state index contributed by atoms with van der Waals surface area (Å²) in [5, 5.41) is 5.66. The number of hydrogen-bond donors (Lipinski definition) is 2. The predicted molar refractivity (Wildman–Crippen MR) is 113 cm³/mol. The number of methoxy groups -OCH3 is 2. The van der Waals surface area contributed by atoms with Crippen molar-refractivity contribution in [3.8, 4) is 0 Å². The van der Waals surface area contributed by atoms with E-state index >= 15 is 0 Å². The van der Waals surface area contributed by atoms with Crippen LogP contribution in [0.1, 0.15) is 18.4 Å². The van der Waals surface area contributed by atoms with Gasteiger partial charge in [0.2, 0.25) is 6.41 Å². The first-order valence-corrected chi connectivity index (χ1v) is 9.08. The normalized spacial score (nSPS) is 11.4. The lowest BCUT2D eigenvalue weighted by Crippen LogP contribution is -2.39. The largest absolute Gasteiger partial charge is 0.468 e. The molecule has 1 aromatic rings. The van der Waals surface area contributed by atoms with Gasteiger partial charge < -0.3 is 20.1 Å². The van der Waals surface area contributed by atoms with Crippen molar-refractivity contribution in [2.45, 2.75) is 25.5 Å². The third-order valence-electron chi connectivity index (χ3n) is 3.65. The van der Waals surface area contributed by atoms with Gasteiger partial charge in [0.15, 0.2) is 0 Å². The highest BCUT2D eigenvalue weighted by atomic mass is 16.5. The smallest absolute Gasteiger partial charge is 0.323 e. The van der Waals surface area contributed by atoms with Crippen LogP contribution < -0.4 is 10.6 Å². The molecule has 0 saturated heterocycles. The van der Waals surface area contributed by atoms with Crippen LogP contribution in [0.2, 0.25) is 0 Å². The summed E-state index contributed by atoms with van der Waals surface area (Å²) in [6, 6.07) is 9.68. The Labute approximate surface area is 168 Å². The molecule has 0 radical (unpaired) electrons. The zero-order valence-corrected chi connectivity index (χ0v) is 16.9. The zero-order valence-electron chi connectivity index (χ0n) is 16.9. The van der Waals surface area contributed by atoms with E-state index in [1.807, 2.05) is 30.3 Å². The van der Waals surface area contributed by atoms with Gasteiger partial charge in [0, 0.05) is 13.7 Å². The molecule has 0 aliphatic rings. The number of amides is 1. The van der Waals surface area contributed by atoms with Gasteiger partial charge in [0.1, 0.15) is 6.04 Å². The first kappa shape index (κ1) is 25.3. The number of ether oxygens (including phenoxy) is 2. The number of rotatable bonds is 13. The SMILES string of the molecule is C=C/C=C(\C=C)CC(NCCCNC=O)C(=O)OC.COCc1ccccc1. The highest BCUT2D eigenvalue weighted by molar-refractivity contribution is 5.76. The van der Waals surface area contributed by atoms with E-state index in [4.69, 9.17) is 9.47 Å². The van der Waals surface area contributed by atoms with Crippen molar-refractivity contribution in [3.05, 3.63) is 72.9 Å². The molecule has 0 heterocycles. The van der Waals surface area contributed by atoms with E-state index < -0.39 is 6.04 Å². The van der Waals surface area contributed by atoms with Gasteiger partial charge in [-0.25, -0.2) is 0 Å². The number of carbonyl (C=O) groups excluding carboxylic acids is 2. The maximum atomic E-state index is 11.6. The standard InChI is InChI=1S/C14H22N2O3.C8H10O/c1-4-7-12(5-2)10-13(14(18)19-3)16-9-6-8-15-11-17;1-9-7-8-5-3-2-4-6-8/h4-5,7,11,13,16H,1-2,6,8-10H2,3H3,(H,15,17);2-6H,7H2,1H3/b12-7+;. The summed E-state index contributed by atoms with van der Waals surface area (Å²) in [7, 11) is 3.06. The molecule has 1 aromatic carbocycles. The molecular weight excluding hydrogens is 356 g/mol. The van der Waals surface area contributed by atoms with Crippen LogP contribution in [0.5, 0.6) is 0 Å². The summed E-state index contributed by atoms with van der Waals surface area (Å²) >= 11 is 0. The summed E-state index contributed by atoms with van der Waals surface area (Å²) < 4.78 is 9.68. The lowest BCUT2D eigenvalue weighted by atomic mass is 10.1. The molecule has 1 amide bonds. The molecule has 0 aliphatic carbocycles. The summed E-state index contributed by atoms with van der Waals surface area (Å²) in [6.45, 7) is 9.20. The first-order valence-electron chi connectivity index (χ1n) is 9.08. The van der Waals surface area contributed by atoms with Crippen LogP contribution in [0.15, 0.2) is 67.3 Å². The van der Waals surface area contributed by atoms with Gasteiger partial charge in [-0.15, -0.1) is 0 Å². The van der Waals surface area contributed by atoms with Crippen LogP contribution in [-0.4, -0.2) is 45.7 Å². The van der Waals surface area contributed by atoms with Gasteiger partial charge >= 0.3 is 5.97 Å². The van der Waals surface area contributed by atoms with Gasteiger partial charge in [-0.05, 0) is 30.5 Å². The average molecular weight is 389 g/mol. The van der Waals surface area contributed by atoms with Crippen molar-refractivity contribution >= 4 is 12.4 Å². The topological polar surface area (TPSA) is 76.7 Å². The molecule has 0 saturated carbocycles.